The lowest BCUT2D eigenvalue weighted by molar-refractivity contribution is 0.171. The molecule has 0 saturated heterocycles. The number of benzene rings is 1. The van der Waals surface area contributed by atoms with Crippen molar-refractivity contribution >= 4 is 0 Å². The lowest BCUT2D eigenvalue weighted by atomic mass is 10.1. The Labute approximate surface area is 93.2 Å². The SMILES string of the molecule is Cc1cc(-c2ccc3c(c2)OCCO3)n[nH]1. The highest BCUT2D eigenvalue weighted by molar-refractivity contribution is 5.64. The number of rotatable bonds is 1. The van der Waals surface area contributed by atoms with E-state index in [9.17, 15) is 0 Å². The van der Waals surface area contributed by atoms with Gasteiger partial charge in [0.1, 0.15) is 13.2 Å². The molecule has 82 valence electrons. The van der Waals surface area contributed by atoms with Crippen molar-refractivity contribution in [3.63, 3.8) is 0 Å². The Morgan fingerprint density at radius 3 is 2.69 bits per heavy atom. The molecule has 1 aromatic carbocycles. The van der Waals surface area contributed by atoms with Gasteiger partial charge in [0.05, 0.1) is 5.69 Å². The van der Waals surface area contributed by atoms with Gasteiger partial charge in [-0.3, -0.25) is 5.10 Å². The monoisotopic (exact) mass is 216 g/mol. The molecule has 0 fully saturated rings. The molecule has 3 rings (SSSR count). The third-order valence-corrected chi connectivity index (χ3v) is 2.54. The zero-order valence-electron chi connectivity index (χ0n) is 8.99. The van der Waals surface area contributed by atoms with E-state index in [1.807, 2.05) is 31.2 Å². The predicted octanol–water partition coefficient (Wildman–Crippen LogP) is 2.16. The molecule has 0 spiro atoms. The predicted molar refractivity (Wildman–Crippen MR) is 59.8 cm³/mol. The Bertz CT molecular complexity index is 519. The average Bonchev–Trinajstić information content (AvgIpc) is 2.75. The third kappa shape index (κ3) is 1.52. The first-order valence-corrected chi connectivity index (χ1v) is 5.25. The number of hydrogen-bond acceptors (Lipinski definition) is 3. The van der Waals surface area contributed by atoms with E-state index in [0.29, 0.717) is 13.2 Å². The molecule has 0 atom stereocenters. The van der Waals surface area contributed by atoms with Crippen LogP contribution >= 0.6 is 0 Å². The molecule has 1 aliphatic heterocycles. The molecule has 0 amide bonds. The van der Waals surface area contributed by atoms with Gasteiger partial charge in [0.2, 0.25) is 0 Å². The van der Waals surface area contributed by atoms with Crippen LogP contribution in [0.25, 0.3) is 11.3 Å². The topological polar surface area (TPSA) is 47.1 Å². The van der Waals surface area contributed by atoms with E-state index in [1.165, 1.54) is 0 Å². The van der Waals surface area contributed by atoms with Crippen LogP contribution in [0.4, 0.5) is 0 Å². The Morgan fingerprint density at radius 1 is 1.12 bits per heavy atom. The number of fused-ring (bicyclic) bond motifs is 1. The highest BCUT2D eigenvalue weighted by Gasteiger charge is 2.13. The van der Waals surface area contributed by atoms with E-state index < -0.39 is 0 Å². The van der Waals surface area contributed by atoms with Crippen LogP contribution in [0.3, 0.4) is 0 Å². The molecule has 2 aromatic rings. The van der Waals surface area contributed by atoms with Crippen LogP contribution in [0.2, 0.25) is 0 Å². The van der Waals surface area contributed by atoms with Crippen molar-refractivity contribution in [1.82, 2.24) is 10.2 Å². The standard InChI is InChI=1S/C12H12N2O2/c1-8-6-10(14-13-8)9-2-3-11-12(7-9)16-5-4-15-11/h2-3,6-7H,4-5H2,1H3,(H,13,14). The van der Waals surface area contributed by atoms with Gasteiger partial charge in [-0.2, -0.15) is 5.10 Å². The van der Waals surface area contributed by atoms with E-state index in [1.54, 1.807) is 0 Å². The largest absolute Gasteiger partial charge is 0.486 e. The van der Waals surface area contributed by atoms with Gasteiger partial charge >= 0.3 is 0 Å². The summed E-state index contributed by atoms with van der Waals surface area (Å²) in [5.74, 6) is 1.60. The molecule has 0 aliphatic carbocycles. The minimum atomic E-state index is 0.607. The van der Waals surface area contributed by atoms with Crippen LogP contribution in [-0.2, 0) is 0 Å². The van der Waals surface area contributed by atoms with Crippen LogP contribution in [0, 0.1) is 6.92 Å². The molecule has 0 bridgehead atoms. The summed E-state index contributed by atoms with van der Waals surface area (Å²) in [5.41, 5.74) is 3.01. The summed E-state index contributed by atoms with van der Waals surface area (Å²) >= 11 is 0. The minimum absolute atomic E-state index is 0.607. The summed E-state index contributed by atoms with van der Waals surface area (Å²) in [7, 11) is 0. The molecular weight excluding hydrogens is 204 g/mol. The second-order valence-electron chi connectivity index (χ2n) is 3.79. The Hall–Kier alpha value is -1.97. The molecule has 0 unspecified atom stereocenters. The fourth-order valence-corrected chi connectivity index (χ4v) is 1.77. The molecule has 4 nitrogen and oxygen atoms in total. The van der Waals surface area contributed by atoms with E-state index in [2.05, 4.69) is 10.2 Å². The second-order valence-corrected chi connectivity index (χ2v) is 3.79. The number of aromatic nitrogens is 2. The Balaban J connectivity index is 2.02. The van der Waals surface area contributed by atoms with Gasteiger partial charge in [-0.15, -0.1) is 0 Å². The Morgan fingerprint density at radius 2 is 1.94 bits per heavy atom. The van der Waals surface area contributed by atoms with Crippen molar-refractivity contribution in [1.29, 1.82) is 0 Å². The van der Waals surface area contributed by atoms with E-state index in [-0.39, 0.29) is 0 Å². The average molecular weight is 216 g/mol. The molecule has 1 aliphatic rings. The third-order valence-electron chi connectivity index (χ3n) is 2.54. The van der Waals surface area contributed by atoms with E-state index in [4.69, 9.17) is 9.47 Å². The number of aryl methyl sites for hydroxylation is 1. The van der Waals surface area contributed by atoms with Crippen molar-refractivity contribution in [3.05, 3.63) is 30.0 Å². The van der Waals surface area contributed by atoms with Crippen molar-refractivity contribution < 1.29 is 9.47 Å². The normalized spacial score (nSPS) is 13.8. The van der Waals surface area contributed by atoms with Gasteiger partial charge < -0.3 is 9.47 Å². The quantitative estimate of drug-likeness (QED) is 0.794. The molecule has 0 radical (unpaired) electrons. The number of ether oxygens (including phenoxy) is 2. The van der Waals surface area contributed by atoms with Crippen molar-refractivity contribution in [2.75, 3.05) is 13.2 Å². The van der Waals surface area contributed by atoms with Crippen molar-refractivity contribution in [2.24, 2.45) is 0 Å². The first kappa shape index (κ1) is 9.27. The number of aromatic amines is 1. The molecule has 2 heterocycles. The molecule has 4 heteroatoms. The van der Waals surface area contributed by atoms with Crippen LogP contribution in [-0.4, -0.2) is 23.4 Å². The van der Waals surface area contributed by atoms with Gasteiger partial charge in [0.15, 0.2) is 11.5 Å². The van der Waals surface area contributed by atoms with E-state index >= 15 is 0 Å². The maximum atomic E-state index is 5.53. The summed E-state index contributed by atoms with van der Waals surface area (Å²) < 4.78 is 11.0. The van der Waals surface area contributed by atoms with Crippen LogP contribution in [0.15, 0.2) is 24.3 Å². The van der Waals surface area contributed by atoms with Crippen LogP contribution in [0.5, 0.6) is 11.5 Å². The highest BCUT2D eigenvalue weighted by Crippen LogP contribution is 2.33. The zero-order chi connectivity index (χ0) is 11.0. The van der Waals surface area contributed by atoms with Crippen LogP contribution < -0.4 is 9.47 Å². The molecule has 1 N–H and O–H groups in total. The van der Waals surface area contributed by atoms with Gasteiger partial charge in [-0.25, -0.2) is 0 Å². The van der Waals surface area contributed by atoms with Gasteiger partial charge in [-0.05, 0) is 31.2 Å². The molecule has 16 heavy (non-hydrogen) atoms. The molecule has 1 aromatic heterocycles. The van der Waals surface area contributed by atoms with Gasteiger partial charge in [0, 0.05) is 11.3 Å². The smallest absolute Gasteiger partial charge is 0.162 e. The van der Waals surface area contributed by atoms with E-state index in [0.717, 1.165) is 28.5 Å². The van der Waals surface area contributed by atoms with Crippen LogP contribution in [0.1, 0.15) is 5.69 Å². The fraction of sp³-hybridized carbons (Fsp3) is 0.250. The lowest BCUT2D eigenvalue weighted by Gasteiger charge is -2.18. The minimum Gasteiger partial charge on any atom is -0.486 e. The second kappa shape index (κ2) is 3.56. The summed E-state index contributed by atoms with van der Waals surface area (Å²) in [5, 5.41) is 7.14. The summed E-state index contributed by atoms with van der Waals surface area (Å²) in [4.78, 5) is 0. The Kier molecular flexibility index (Phi) is 2.06. The first-order valence-electron chi connectivity index (χ1n) is 5.25. The molecular formula is C12H12N2O2. The summed E-state index contributed by atoms with van der Waals surface area (Å²) in [6, 6.07) is 7.88. The van der Waals surface area contributed by atoms with Gasteiger partial charge in [0.25, 0.3) is 0 Å². The summed E-state index contributed by atoms with van der Waals surface area (Å²) in [6.07, 6.45) is 0. The summed E-state index contributed by atoms with van der Waals surface area (Å²) in [6.45, 7) is 3.21. The highest BCUT2D eigenvalue weighted by atomic mass is 16.6. The number of nitrogens with one attached hydrogen (secondary N) is 1. The number of H-pyrrole nitrogens is 1. The van der Waals surface area contributed by atoms with Crippen molar-refractivity contribution in [3.8, 4) is 22.8 Å². The maximum Gasteiger partial charge on any atom is 0.162 e. The fourth-order valence-electron chi connectivity index (χ4n) is 1.77. The zero-order valence-corrected chi connectivity index (χ0v) is 8.99. The maximum absolute atomic E-state index is 5.53. The van der Waals surface area contributed by atoms with Crippen molar-refractivity contribution in [2.45, 2.75) is 6.92 Å². The lowest BCUT2D eigenvalue weighted by Crippen LogP contribution is -2.15. The molecule has 0 saturated carbocycles. The van der Waals surface area contributed by atoms with Gasteiger partial charge in [-0.1, -0.05) is 0 Å². The number of nitrogens with zero attached hydrogens (tertiary/aromatic N) is 1. The number of hydrogen-bond donors (Lipinski definition) is 1. The first-order chi connectivity index (χ1) is 7.83.